The average molecular weight is 437 g/mol. The normalized spacial score (nSPS) is 19.3. The highest BCUT2D eigenvalue weighted by atomic mass is 19.1. The lowest BCUT2D eigenvalue weighted by atomic mass is 9.93. The Balaban J connectivity index is 1.46. The van der Waals surface area contributed by atoms with Crippen molar-refractivity contribution in [2.75, 3.05) is 12.4 Å². The first kappa shape index (κ1) is 20.9. The molecular formula is C24H29FN6O. The van der Waals surface area contributed by atoms with Gasteiger partial charge in [-0.25, -0.2) is 14.4 Å². The molecule has 3 aromatic heterocycles. The topological polar surface area (TPSA) is 80.6 Å². The minimum absolute atomic E-state index is 0.188. The molecule has 0 amide bonds. The van der Waals surface area contributed by atoms with Crippen LogP contribution in [-0.2, 0) is 4.74 Å². The van der Waals surface area contributed by atoms with Gasteiger partial charge < -0.3 is 19.6 Å². The van der Waals surface area contributed by atoms with Gasteiger partial charge in [0.05, 0.1) is 11.6 Å². The first-order valence-electron chi connectivity index (χ1n) is 11.3. The summed E-state index contributed by atoms with van der Waals surface area (Å²) in [6, 6.07) is 4.09. The number of benzene rings is 1. The van der Waals surface area contributed by atoms with E-state index in [1.165, 1.54) is 0 Å². The summed E-state index contributed by atoms with van der Waals surface area (Å²) in [7, 11) is 1.78. The molecule has 2 N–H and O–H groups in total. The summed E-state index contributed by atoms with van der Waals surface area (Å²) in [5.41, 5.74) is 3.60. The SMILES string of the molecule is CO[C@H]1CC[C@@H](Nc2ncc3c(-c4cc(F)c5nc(C)n(C(C)C)c5c4)c[nH]c3n2)CC1. The lowest BCUT2D eigenvalue weighted by Gasteiger charge is -2.28. The monoisotopic (exact) mass is 436 g/mol. The maximum Gasteiger partial charge on any atom is 0.224 e. The third-order valence-corrected chi connectivity index (χ3v) is 6.53. The van der Waals surface area contributed by atoms with Crippen molar-refractivity contribution in [3.63, 3.8) is 0 Å². The molecule has 1 aliphatic rings. The molecule has 1 aromatic carbocycles. The molecule has 0 bridgehead atoms. The highest BCUT2D eigenvalue weighted by Gasteiger charge is 2.22. The number of hydrogen-bond acceptors (Lipinski definition) is 5. The molecule has 8 heteroatoms. The van der Waals surface area contributed by atoms with Crippen molar-refractivity contribution in [2.45, 2.75) is 64.6 Å². The van der Waals surface area contributed by atoms with Gasteiger partial charge in [0, 0.05) is 42.5 Å². The van der Waals surface area contributed by atoms with E-state index in [0.29, 0.717) is 23.6 Å². The fraction of sp³-hybridized carbons (Fsp3) is 0.458. The standard InChI is InChI=1S/C24H29FN6O/c1-13(2)31-14(3)28-22-20(25)9-15(10-21(22)31)18-11-26-23-19(18)12-27-24(30-23)29-16-5-7-17(32-4)8-6-16/h9-13,16-17H,5-8H2,1-4H3,(H2,26,27,29,30)/t16-,17+. The number of nitrogens with one attached hydrogen (secondary N) is 2. The van der Waals surface area contributed by atoms with Crippen LogP contribution in [0.2, 0.25) is 0 Å². The quantitative estimate of drug-likeness (QED) is 0.439. The number of H-pyrrole nitrogens is 1. The van der Waals surface area contributed by atoms with Gasteiger partial charge in [-0.3, -0.25) is 0 Å². The fourth-order valence-corrected chi connectivity index (χ4v) is 4.92. The Morgan fingerprint density at radius 2 is 1.97 bits per heavy atom. The number of hydrogen-bond donors (Lipinski definition) is 2. The van der Waals surface area contributed by atoms with Gasteiger partial charge >= 0.3 is 0 Å². The maximum absolute atomic E-state index is 14.9. The molecule has 1 saturated carbocycles. The zero-order valence-electron chi connectivity index (χ0n) is 18.9. The Hall–Kier alpha value is -3.00. The van der Waals surface area contributed by atoms with Gasteiger partial charge in [0.1, 0.15) is 17.0 Å². The van der Waals surface area contributed by atoms with Crippen molar-refractivity contribution in [1.29, 1.82) is 0 Å². The molecule has 168 valence electrons. The van der Waals surface area contributed by atoms with Gasteiger partial charge in [-0.15, -0.1) is 0 Å². The van der Waals surface area contributed by atoms with Gasteiger partial charge in [-0.2, -0.15) is 4.98 Å². The van der Waals surface area contributed by atoms with Crippen molar-refractivity contribution >= 4 is 28.0 Å². The van der Waals surface area contributed by atoms with Crippen molar-refractivity contribution in [3.8, 4) is 11.1 Å². The van der Waals surface area contributed by atoms with E-state index >= 15 is 0 Å². The predicted octanol–water partition coefficient (Wildman–Crippen LogP) is 5.37. The van der Waals surface area contributed by atoms with E-state index in [4.69, 9.17) is 4.74 Å². The number of imidazole rings is 1. The van der Waals surface area contributed by atoms with Crippen LogP contribution in [0, 0.1) is 12.7 Å². The van der Waals surface area contributed by atoms with Crippen LogP contribution in [0.4, 0.5) is 10.3 Å². The molecule has 1 aliphatic carbocycles. The molecule has 0 unspecified atom stereocenters. The lowest BCUT2D eigenvalue weighted by Crippen LogP contribution is -2.29. The third kappa shape index (κ3) is 3.62. The predicted molar refractivity (Wildman–Crippen MR) is 124 cm³/mol. The number of halogens is 1. The van der Waals surface area contributed by atoms with Crippen LogP contribution in [0.3, 0.4) is 0 Å². The minimum Gasteiger partial charge on any atom is -0.381 e. The molecule has 7 nitrogen and oxygen atoms in total. The molecular weight excluding hydrogens is 407 g/mol. The van der Waals surface area contributed by atoms with Gasteiger partial charge in [-0.1, -0.05) is 0 Å². The van der Waals surface area contributed by atoms with Crippen LogP contribution < -0.4 is 5.32 Å². The number of anilines is 1. The van der Waals surface area contributed by atoms with Crippen LogP contribution in [0.15, 0.2) is 24.5 Å². The van der Waals surface area contributed by atoms with E-state index in [9.17, 15) is 4.39 Å². The number of rotatable bonds is 5. The number of aryl methyl sites for hydroxylation is 1. The Labute approximate surface area is 186 Å². The number of ether oxygens (including phenoxy) is 1. The van der Waals surface area contributed by atoms with Crippen LogP contribution in [0.25, 0.3) is 33.2 Å². The van der Waals surface area contributed by atoms with E-state index in [1.807, 2.05) is 25.4 Å². The number of nitrogens with zero attached hydrogens (tertiary/aromatic N) is 4. The molecule has 0 spiro atoms. The molecule has 4 aromatic rings. The lowest BCUT2D eigenvalue weighted by molar-refractivity contribution is 0.0681. The second kappa shape index (κ2) is 8.16. The number of aromatic nitrogens is 5. The van der Waals surface area contributed by atoms with E-state index in [-0.39, 0.29) is 11.9 Å². The number of methoxy groups -OCH3 is 1. The smallest absolute Gasteiger partial charge is 0.224 e. The highest BCUT2D eigenvalue weighted by molar-refractivity contribution is 5.96. The molecule has 32 heavy (non-hydrogen) atoms. The van der Waals surface area contributed by atoms with Crippen molar-refractivity contribution in [3.05, 3.63) is 36.2 Å². The Kier molecular flexibility index (Phi) is 5.33. The summed E-state index contributed by atoms with van der Waals surface area (Å²) in [4.78, 5) is 16.9. The van der Waals surface area contributed by atoms with E-state index < -0.39 is 0 Å². The van der Waals surface area contributed by atoms with Crippen molar-refractivity contribution in [1.82, 2.24) is 24.5 Å². The largest absolute Gasteiger partial charge is 0.381 e. The second-order valence-electron chi connectivity index (χ2n) is 8.96. The molecule has 0 atom stereocenters. The Morgan fingerprint density at radius 3 is 2.69 bits per heavy atom. The van der Waals surface area contributed by atoms with Crippen molar-refractivity contribution in [2.24, 2.45) is 0 Å². The van der Waals surface area contributed by atoms with Gasteiger partial charge in [0.15, 0.2) is 5.82 Å². The summed E-state index contributed by atoms with van der Waals surface area (Å²) in [5, 5.41) is 4.32. The van der Waals surface area contributed by atoms with E-state index in [2.05, 4.69) is 43.7 Å². The number of fused-ring (bicyclic) bond motifs is 2. The van der Waals surface area contributed by atoms with E-state index in [0.717, 1.165) is 59.2 Å². The van der Waals surface area contributed by atoms with Crippen LogP contribution in [0.5, 0.6) is 0 Å². The Bertz CT molecular complexity index is 1270. The zero-order valence-corrected chi connectivity index (χ0v) is 18.9. The van der Waals surface area contributed by atoms with E-state index in [1.54, 1.807) is 13.2 Å². The second-order valence-corrected chi connectivity index (χ2v) is 8.96. The zero-order chi connectivity index (χ0) is 22.4. The Morgan fingerprint density at radius 1 is 1.19 bits per heavy atom. The highest BCUT2D eigenvalue weighted by Crippen LogP contribution is 2.33. The first-order chi connectivity index (χ1) is 15.4. The third-order valence-electron chi connectivity index (χ3n) is 6.53. The summed E-state index contributed by atoms with van der Waals surface area (Å²) < 4.78 is 22.5. The summed E-state index contributed by atoms with van der Waals surface area (Å²) in [5.74, 6) is 1.10. The summed E-state index contributed by atoms with van der Waals surface area (Å²) >= 11 is 0. The molecule has 0 radical (unpaired) electrons. The van der Waals surface area contributed by atoms with Gasteiger partial charge in [0.25, 0.3) is 0 Å². The molecule has 0 saturated heterocycles. The maximum atomic E-state index is 14.9. The fourth-order valence-electron chi connectivity index (χ4n) is 4.92. The number of aromatic amines is 1. The van der Waals surface area contributed by atoms with Gasteiger partial charge in [-0.05, 0) is 64.2 Å². The molecule has 3 heterocycles. The average Bonchev–Trinajstić information content (AvgIpc) is 3.34. The first-order valence-corrected chi connectivity index (χ1v) is 11.3. The summed E-state index contributed by atoms with van der Waals surface area (Å²) in [6.07, 6.45) is 8.21. The van der Waals surface area contributed by atoms with Crippen LogP contribution in [0.1, 0.15) is 51.4 Å². The van der Waals surface area contributed by atoms with Gasteiger partial charge in [0.2, 0.25) is 5.95 Å². The summed E-state index contributed by atoms with van der Waals surface area (Å²) in [6.45, 7) is 6.07. The van der Waals surface area contributed by atoms with Crippen molar-refractivity contribution < 1.29 is 9.13 Å². The molecule has 0 aliphatic heterocycles. The molecule has 1 fully saturated rings. The minimum atomic E-state index is -0.319. The molecule has 5 rings (SSSR count). The van der Waals surface area contributed by atoms with Crippen LogP contribution >= 0.6 is 0 Å². The van der Waals surface area contributed by atoms with Crippen LogP contribution in [-0.4, -0.2) is 43.8 Å².